The molecule has 0 amide bonds. The number of nitrogens with one attached hydrogen (secondary N) is 1. The molecule has 0 fully saturated rings. The molecule has 104 valence electrons. The lowest BCUT2D eigenvalue weighted by Gasteiger charge is -2.09. The van der Waals surface area contributed by atoms with Gasteiger partial charge in [0.2, 0.25) is 0 Å². The normalized spacial score (nSPS) is 11.2. The molecule has 7 heteroatoms. The van der Waals surface area contributed by atoms with Crippen molar-refractivity contribution in [3.63, 3.8) is 0 Å². The Morgan fingerprint density at radius 3 is 2.80 bits per heavy atom. The van der Waals surface area contributed by atoms with Gasteiger partial charge < -0.3 is 5.32 Å². The molecule has 0 spiro atoms. The highest BCUT2D eigenvalue weighted by Gasteiger charge is 2.13. The molecule has 0 aliphatic carbocycles. The number of hydrogen-bond donors (Lipinski definition) is 1. The van der Waals surface area contributed by atoms with Crippen molar-refractivity contribution in [2.24, 2.45) is 7.05 Å². The van der Waals surface area contributed by atoms with Crippen LogP contribution in [0.25, 0.3) is 11.0 Å². The van der Waals surface area contributed by atoms with Crippen LogP contribution in [0.2, 0.25) is 5.02 Å². The third kappa shape index (κ3) is 2.14. The summed E-state index contributed by atoms with van der Waals surface area (Å²) in [4.78, 5) is 0. The first-order valence-electron chi connectivity index (χ1n) is 6.21. The van der Waals surface area contributed by atoms with Crippen molar-refractivity contribution < 1.29 is 0 Å². The summed E-state index contributed by atoms with van der Waals surface area (Å²) in [5.41, 5.74) is 5.87. The molecule has 0 bridgehead atoms. The molecule has 0 aliphatic heterocycles. The highest BCUT2D eigenvalue weighted by molar-refractivity contribution is 7.00. The second-order valence-electron chi connectivity index (χ2n) is 4.68. The number of aryl methyl sites for hydroxylation is 2. The summed E-state index contributed by atoms with van der Waals surface area (Å²) in [5, 5.41) is 8.44. The molecule has 0 saturated carbocycles. The summed E-state index contributed by atoms with van der Waals surface area (Å²) < 4.78 is 10.4. The minimum absolute atomic E-state index is 0.657. The van der Waals surface area contributed by atoms with E-state index in [1.54, 1.807) is 0 Å². The fraction of sp³-hybridized carbons (Fsp3) is 0.308. The quantitative estimate of drug-likeness (QED) is 0.806. The number of hydrogen-bond acceptors (Lipinski definition) is 5. The monoisotopic (exact) mass is 307 g/mol. The van der Waals surface area contributed by atoms with Gasteiger partial charge in [0.1, 0.15) is 11.0 Å². The Kier molecular flexibility index (Phi) is 3.35. The number of anilines is 1. The van der Waals surface area contributed by atoms with Crippen molar-refractivity contribution in [3.05, 3.63) is 34.1 Å². The molecule has 3 aromatic rings. The van der Waals surface area contributed by atoms with Crippen LogP contribution in [0.15, 0.2) is 12.1 Å². The van der Waals surface area contributed by atoms with Crippen LogP contribution in [0, 0.1) is 13.8 Å². The Labute approximate surface area is 125 Å². The van der Waals surface area contributed by atoms with Crippen molar-refractivity contribution in [2.45, 2.75) is 20.4 Å². The van der Waals surface area contributed by atoms with E-state index in [1.807, 2.05) is 30.8 Å². The summed E-state index contributed by atoms with van der Waals surface area (Å²) >= 11 is 7.46. The first kappa shape index (κ1) is 13.3. The molecule has 0 radical (unpaired) electrons. The molecule has 1 aromatic carbocycles. The molecule has 5 nitrogen and oxygen atoms in total. The van der Waals surface area contributed by atoms with E-state index in [0.717, 1.165) is 28.1 Å². The van der Waals surface area contributed by atoms with Gasteiger partial charge in [-0.2, -0.15) is 13.8 Å². The molecule has 1 N–H and O–H groups in total. The van der Waals surface area contributed by atoms with E-state index < -0.39 is 0 Å². The molecule has 0 atom stereocenters. The first-order chi connectivity index (χ1) is 9.58. The van der Waals surface area contributed by atoms with Gasteiger partial charge in [-0.15, -0.1) is 0 Å². The Bertz CT molecular complexity index is 777. The van der Waals surface area contributed by atoms with E-state index in [4.69, 9.17) is 11.6 Å². The van der Waals surface area contributed by atoms with E-state index in [1.165, 1.54) is 17.3 Å². The van der Waals surface area contributed by atoms with Crippen LogP contribution in [-0.4, -0.2) is 18.5 Å². The van der Waals surface area contributed by atoms with Crippen LogP contribution < -0.4 is 5.32 Å². The Balaban J connectivity index is 1.94. The van der Waals surface area contributed by atoms with E-state index in [0.29, 0.717) is 11.6 Å². The van der Waals surface area contributed by atoms with Gasteiger partial charge in [0.05, 0.1) is 28.1 Å². The minimum Gasteiger partial charge on any atom is -0.378 e. The predicted octanol–water partition coefficient (Wildman–Crippen LogP) is 3.31. The van der Waals surface area contributed by atoms with Crippen molar-refractivity contribution in [1.29, 1.82) is 0 Å². The van der Waals surface area contributed by atoms with Crippen LogP contribution >= 0.6 is 23.3 Å². The SMILES string of the molecule is Cc1nn(C)c(C)c1CNc1c(Cl)ccc2nsnc12. The van der Waals surface area contributed by atoms with E-state index in [9.17, 15) is 0 Å². The standard InChI is InChI=1S/C13H14ClN5S/c1-7-9(8(2)19(3)16-7)6-15-12-10(14)4-5-11-13(12)18-20-17-11/h4-5,15H,6H2,1-3H3. The van der Waals surface area contributed by atoms with Gasteiger partial charge in [0.25, 0.3) is 0 Å². The van der Waals surface area contributed by atoms with Crippen molar-refractivity contribution in [1.82, 2.24) is 18.5 Å². The highest BCUT2D eigenvalue weighted by atomic mass is 35.5. The van der Waals surface area contributed by atoms with Crippen LogP contribution in [0.1, 0.15) is 17.0 Å². The van der Waals surface area contributed by atoms with Gasteiger partial charge in [0.15, 0.2) is 0 Å². The fourth-order valence-electron chi connectivity index (χ4n) is 2.25. The largest absolute Gasteiger partial charge is 0.378 e. The Hall–Kier alpha value is -1.66. The molecule has 20 heavy (non-hydrogen) atoms. The number of halogens is 1. The average molecular weight is 308 g/mol. The molecule has 2 heterocycles. The van der Waals surface area contributed by atoms with Gasteiger partial charge >= 0.3 is 0 Å². The number of rotatable bonds is 3. The second kappa shape index (κ2) is 5.03. The highest BCUT2D eigenvalue weighted by Crippen LogP contribution is 2.30. The van der Waals surface area contributed by atoms with Gasteiger partial charge in [-0.05, 0) is 26.0 Å². The molecule has 0 saturated heterocycles. The van der Waals surface area contributed by atoms with E-state index in [-0.39, 0.29) is 0 Å². The number of nitrogens with zero attached hydrogens (tertiary/aromatic N) is 4. The fourth-order valence-corrected chi connectivity index (χ4v) is 3.01. The van der Waals surface area contributed by atoms with Gasteiger partial charge in [-0.25, -0.2) is 0 Å². The number of benzene rings is 1. The van der Waals surface area contributed by atoms with E-state index in [2.05, 4.69) is 26.1 Å². The van der Waals surface area contributed by atoms with Gasteiger partial charge in [-0.3, -0.25) is 4.68 Å². The maximum Gasteiger partial charge on any atom is 0.129 e. The smallest absolute Gasteiger partial charge is 0.129 e. The maximum absolute atomic E-state index is 6.26. The predicted molar refractivity (Wildman–Crippen MR) is 82.4 cm³/mol. The molecule has 0 aliphatic rings. The zero-order valence-corrected chi connectivity index (χ0v) is 13.0. The lowest BCUT2D eigenvalue weighted by Crippen LogP contribution is -2.03. The van der Waals surface area contributed by atoms with Crippen LogP contribution in [-0.2, 0) is 13.6 Å². The van der Waals surface area contributed by atoms with Crippen molar-refractivity contribution in [3.8, 4) is 0 Å². The topological polar surface area (TPSA) is 55.6 Å². The summed E-state index contributed by atoms with van der Waals surface area (Å²) in [5.74, 6) is 0. The molecule has 0 unspecified atom stereocenters. The second-order valence-corrected chi connectivity index (χ2v) is 5.62. The van der Waals surface area contributed by atoms with Crippen LogP contribution in [0.4, 0.5) is 5.69 Å². The Morgan fingerprint density at radius 2 is 2.10 bits per heavy atom. The van der Waals surface area contributed by atoms with Gasteiger partial charge in [0, 0.05) is 24.8 Å². The molecular weight excluding hydrogens is 294 g/mol. The molecule has 2 aromatic heterocycles. The average Bonchev–Trinajstić information content (AvgIpc) is 2.97. The zero-order valence-electron chi connectivity index (χ0n) is 11.4. The Morgan fingerprint density at radius 1 is 1.30 bits per heavy atom. The number of aromatic nitrogens is 4. The van der Waals surface area contributed by atoms with E-state index >= 15 is 0 Å². The third-order valence-corrected chi connectivity index (χ3v) is 4.34. The summed E-state index contributed by atoms with van der Waals surface area (Å²) in [6.45, 7) is 4.74. The summed E-state index contributed by atoms with van der Waals surface area (Å²) in [7, 11) is 1.95. The maximum atomic E-state index is 6.26. The summed E-state index contributed by atoms with van der Waals surface area (Å²) in [6, 6.07) is 3.73. The molecule has 3 rings (SSSR count). The van der Waals surface area contributed by atoms with Crippen LogP contribution in [0.3, 0.4) is 0 Å². The first-order valence-corrected chi connectivity index (χ1v) is 7.32. The molecular formula is C13H14ClN5S. The van der Waals surface area contributed by atoms with Crippen molar-refractivity contribution in [2.75, 3.05) is 5.32 Å². The van der Waals surface area contributed by atoms with Crippen LogP contribution in [0.5, 0.6) is 0 Å². The lowest BCUT2D eigenvalue weighted by molar-refractivity contribution is 0.730. The minimum atomic E-state index is 0.657. The summed E-state index contributed by atoms with van der Waals surface area (Å²) in [6.07, 6.45) is 0. The third-order valence-electron chi connectivity index (χ3n) is 3.48. The van der Waals surface area contributed by atoms with Crippen molar-refractivity contribution >= 4 is 40.0 Å². The van der Waals surface area contributed by atoms with Gasteiger partial charge in [-0.1, -0.05) is 11.6 Å². The number of fused-ring (bicyclic) bond motifs is 1. The lowest BCUT2D eigenvalue weighted by atomic mass is 10.2. The zero-order chi connectivity index (χ0) is 14.3.